The number of fused-ring (bicyclic) bond motifs is 1. The quantitative estimate of drug-likeness (QED) is 0.708. The molecule has 3 rings (SSSR count). The normalized spacial score (nSPS) is 11.5. The second kappa shape index (κ2) is 5.39. The van der Waals surface area contributed by atoms with E-state index in [0.717, 1.165) is 16.9 Å². The fourth-order valence-corrected chi connectivity index (χ4v) is 5.03. The van der Waals surface area contributed by atoms with Gasteiger partial charge in [-0.15, -0.1) is 0 Å². The molecule has 0 fully saturated rings. The number of rotatable bonds is 3. The first kappa shape index (κ1) is 15.0. The van der Waals surface area contributed by atoms with Gasteiger partial charge in [0.15, 0.2) is 8.13 Å². The van der Waals surface area contributed by atoms with Crippen molar-refractivity contribution in [3.63, 3.8) is 0 Å². The van der Waals surface area contributed by atoms with E-state index in [4.69, 9.17) is 5.26 Å². The summed E-state index contributed by atoms with van der Waals surface area (Å²) in [5.74, 6) is 0. The Morgan fingerprint density at radius 2 is 2.23 bits per heavy atom. The Morgan fingerprint density at radius 1 is 1.45 bits per heavy atom. The molecular weight excluding hydrogens is 388 g/mol. The Balaban J connectivity index is 2.11. The van der Waals surface area contributed by atoms with Crippen molar-refractivity contribution in [2.75, 3.05) is 4.72 Å². The van der Waals surface area contributed by atoms with Gasteiger partial charge in [0.2, 0.25) is 0 Å². The lowest BCUT2D eigenvalue weighted by molar-refractivity contribution is 0.603. The van der Waals surface area contributed by atoms with E-state index in [2.05, 4.69) is 36.7 Å². The van der Waals surface area contributed by atoms with E-state index in [1.807, 2.05) is 6.92 Å². The summed E-state index contributed by atoms with van der Waals surface area (Å²) in [4.78, 5) is 6.84. The standard InChI is InChI=1S/C13H9BrN4O2S2/c1-7-2-3-9(12-11(7)8(4-15)5-16-12)18-22(19,20)10-6-17-13(14)21-10/h2-3,5-6,16,18H,1H3. The van der Waals surface area contributed by atoms with Crippen molar-refractivity contribution >= 4 is 53.9 Å². The molecule has 22 heavy (non-hydrogen) atoms. The third-order valence-corrected chi connectivity index (χ3v) is 6.43. The molecule has 3 aromatic rings. The Bertz CT molecular complexity index is 1010. The average Bonchev–Trinajstić information content (AvgIpc) is 3.08. The minimum Gasteiger partial charge on any atom is -0.358 e. The van der Waals surface area contributed by atoms with Gasteiger partial charge in [0.05, 0.1) is 23.0 Å². The van der Waals surface area contributed by atoms with Gasteiger partial charge in [0.25, 0.3) is 10.0 Å². The topological polar surface area (TPSA) is 98.6 Å². The van der Waals surface area contributed by atoms with E-state index in [0.29, 0.717) is 26.1 Å². The number of sulfonamides is 1. The predicted molar refractivity (Wildman–Crippen MR) is 88.4 cm³/mol. The van der Waals surface area contributed by atoms with Gasteiger partial charge in [-0.3, -0.25) is 4.72 Å². The van der Waals surface area contributed by atoms with Crippen LogP contribution in [0.2, 0.25) is 0 Å². The zero-order valence-corrected chi connectivity index (χ0v) is 14.4. The molecule has 0 spiro atoms. The lowest BCUT2D eigenvalue weighted by Gasteiger charge is -2.08. The zero-order chi connectivity index (χ0) is 15.9. The Kier molecular flexibility index (Phi) is 3.68. The van der Waals surface area contributed by atoms with E-state index in [9.17, 15) is 8.42 Å². The molecule has 1 aromatic carbocycles. The third-order valence-electron chi connectivity index (χ3n) is 3.13. The summed E-state index contributed by atoms with van der Waals surface area (Å²) >= 11 is 4.17. The summed E-state index contributed by atoms with van der Waals surface area (Å²) in [5, 5.41) is 9.85. The predicted octanol–water partition coefficient (Wildman–Crippen LogP) is 3.37. The number of nitrogens with one attached hydrogen (secondary N) is 2. The van der Waals surface area contributed by atoms with Crippen molar-refractivity contribution in [2.24, 2.45) is 0 Å². The zero-order valence-electron chi connectivity index (χ0n) is 11.2. The number of hydrogen-bond donors (Lipinski definition) is 2. The van der Waals surface area contributed by atoms with Gasteiger partial charge in [-0.05, 0) is 34.5 Å². The number of halogens is 1. The maximum Gasteiger partial charge on any atom is 0.273 e. The van der Waals surface area contributed by atoms with Crippen molar-refractivity contribution < 1.29 is 8.42 Å². The van der Waals surface area contributed by atoms with Crippen LogP contribution in [0.15, 0.2) is 32.7 Å². The molecule has 0 aliphatic carbocycles. The molecule has 0 aliphatic rings. The number of aromatic amines is 1. The minimum atomic E-state index is -3.72. The summed E-state index contributed by atoms with van der Waals surface area (Å²) in [6.45, 7) is 1.87. The maximum absolute atomic E-state index is 12.4. The number of nitrogens with zero attached hydrogens (tertiary/aromatic N) is 2. The Labute approximate surface area is 139 Å². The first-order valence-electron chi connectivity index (χ1n) is 6.07. The molecular formula is C13H9BrN4O2S2. The average molecular weight is 397 g/mol. The highest BCUT2D eigenvalue weighted by Crippen LogP contribution is 2.31. The summed E-state index contributed by atoms with van der Waals surface area (Å²) < 4.78 is 27.9. The van der Waals surface area contributed by atoms with Crippen LogP contribution in [0.4, 0.5) is 5.69 Å². The molecule has 2 aromatic heterocycles. The fraction of sp³-hybridized carbons (Fsp3) is 0.0769. The van der Waals surface area contributed by atoms with Crippen LogP contribution in [0.3, 0.4) is 0 Å². The number of hydrogen-bond acceptors (Lipinski definition) is 5. The molecule has 0 unspecified atom stereocenters. The van der Waals surface area contributed by atoms with Crippen molar-refractivity contribution in [2.45, 2.75) is 11.1 Å². The SMILES string of the molecule is Cc1ccc(NS(=O)(=O)c2cnc(Br)s2)c2[nH]cc(C#N)c12. The molecule has 9 heteroatoms. The number of benzene rings is 1. The van der Waals surface area contributed by atoms with Gasteiger partial charge in [0, 0.05) is 11.6 Å². The number of aryl methyl sites for hydroxylation is 1. The lowest BCUT2D eigenvalue weighted by atomic mass is 10.1. The summed E-state index contributed by atoms with van der Waals surface area (Å²) in [6.07, 6.45) is 2.86. The van der Waals surface area contributed by atoms with E-state index in [1.165, 1.54) is 6.20 Å². The molecule has 6 nitrogen and oxygen atoms in total. The molecule has 0 atom stereocenters. The second-order valence-corrected chi connectivity index (χ2v) is 8.75. The van der Waals surface area contributed by atoms with Crippen molar-refractivity contribution in [3.8, 4) is 6.07 Å². The highest BCUT2D eigenvalue weighted by molar-refractivity contribution is 9.11. The molecule has 0 saturated heterocycles. The molecule has 0 radical (unpaired) electrons. The van der Waals surface area contributed by atoms with E-state index >= 15 is 0 Å². The van der Waals surface area contributed by atoms with Gasteiger partial charge in [-0.2, -0.15) is 5.26 Å². The second-order valence-electron chi connectivity index (χ2n) is 4.53. The first-order chi connectivity index (χ1) is 10.4. The molecule has 0 amide bonds. The fourth-order valence-electron chi connectivity index (χ4n) is 2.15. The highest BCUT2D eigenvalue weighted by atomic mass is 79.9. The monoisotopic (exact) mass is 396 g/mol. The van der Waals surface area contributed by atoms with Crippen LogP contribution in [0.25, 0.3) is 10.9 Å². The lowest BCUT2D eigenvalue weighted by Crippen LogP contribution is -2.11. The van der Waals surface area contributed by atoms with Crippen LogP contribution in [0, 0.1) is 18.3 Å². The van der Waals surface area contributed by atoms with Gasteiger partial charge < -0.3 is 4.98 Å². The van der Waals surface area contributed by atoms with Crippen LogP contribution in [-0.4, -0.2) is 18.4 Å². The van der Waals surface area contributed by atoms with Crippen LogP contribution >= 0.6 is 27.3 Å². The first-order valence-corrected chi connectivity index (χ1v) is 9.16. The van der Waals surface area contributed by atoms with Gasteiger partial charge in [-0.1, -0.05) is 17.4 Å². The van der Waals surface area contributed by atoms with E-state index < -0.39 is 10.0 Å². The van der Waals surface area contributed by atoms with Crippen molar-refractivity contribution in [3.05, 3.63) is 39.6 Å². The van der Waals surface area contributed by atoms with Gasteiger partial charge in [0.1, 0.15) is 6.07 Å². The van der Waals surface area contributed by atoms with Crippen LogP contribution in [0.5, 0.6) is 0 Å². The van der Waals surface area contributed by atoms with Crippen LogP contribution in [-0.2, 0) is 10.0 Å². The van der Waals surface area contributed by atoms with Crippen LogP contribution in [0.1, 0.15) is 11.1 Å². The number of anilines is 1. The van der Waals surface area contributed by atoms with Gasteiger partial charge >= 0.3 is 0 Å². The molecule has 0 saturated carbocycles. The molecule has 2 N–H and O–H groups in total. The number of aromatic nitrogens is 2. The summed E-state index contributed by atoms with van der Waals surface area (Å²) in [5.41, 5.74) is 2.36. The summed E-state index contributed by atoms with van der Waals surface area (Å²) in [7, 11) is -3.72. The number of H-pyrrole nitrogens is 1. The van der Waals surface area contributed by atoms with Crippen LogP contribution < -0.4 is 4.72 Å². The maximum atomic E-state index is 12.4. The molecule has 112 valence electrons. The van der Waals surface area contributed by atoms with Crippen molar-refractivity contribution in [1.29, 1.82) is 5.26 Å². The minimum absolute atomic E-state index is 0.111. The summed E-state index contributed by atoms with van der Waals surface area (Å²) in [6, 6.07) is 5.54. The Hall–Kier alpha value is -1.89. The Morgan fingerprint density at radius 3 is 2.86 bits per heavy atom. The van der Waals surface area contributed by atoms with E-state index in [-0.39, 0.29) is 4.21 Å². The number of thiazole rings is 1. The van der Waals surface area contributed by atoms with Gasteiger partial charge in [-0.25, -0.2) is 13.4 Å². The smallest absolute Gasteiger partial charge is 0.273 e. The number of nitriles is 1. The molecule has 0 bridgehead atoms. The largest absolute Gasteiger partial charge is 0.358 e. The van der Waals surface area contributed by atoms with E-state index in [1.54, 1.807) is 18.3 Å². The molecule has 2 heterocycles. The molecule has 0 aliphatic heterocycles. The van der Waals surface area contributed by atoms with Crippen molar-refractivity contribution in [1.82, 2.24) is 9.97 Å². The third kappa shape index (κ3) is 2.49. The highest BCUT2D eigenvalue weighted by Gasteiger charge is 2.20.